The van der Waals surface area contributed by atoms with Gasteiger partial charge in [0.15, 0.2) is 0 Å². The van der Waals surface area contributed by atoms with Crippen LogP contribution in [0.2, 0.25) is 0 Å². The molecule has 0 aliphatic heterocycles. The van der Waals surface area contributed by atoms with E-state index in [0.29, 0.717) is 18.1 Å². The Morgan fingerprint density at radius 2 is 2.21 bits per heavy atom. The van der Waals surface area contributed by atoms with E-state index in [0.717, 1.165) is 31.4 Å². The summed E-state index contributed by atoms with van der Waals surface area (Å²) in [6.07, 6.45) is 3.88. The first-order valence-corrected chi connectivity index (χ1v) is 6.66. The molecule has 0 aromatic carbocycles. The predicted molar refractivity (Wildman–Crippen MR) is 72.2 cm³/mol. The number of nitriles is 1. The molecule has 1 aromatic heterocycles. The zero-order chi connectivity index (χ0) is 13.9. The van der Waals surface area contributed by atoms with Crippen LogP contribution in [0.3, 0.4) is 0 Å². The van der Waals surface area contributed by atoms with E-state index in [1.54, 1.807) is 7.11 Å². The van der Waals surface area contributed by atoms with Gasteiger partial charge in [-0.15, -0.1) is 0 Å². The van der Waals surface area contributed by atoms with Crippen LogP contribution in [-0.4, -0.2) is 24.3 Å². The van der Waals surface area contributed by atoms with Gasteiger partial charge in [-0.05, 0) is 44.7 Å². The molecule has 0 spiro atoms. The van der Waals surface area contributed by atoms with Crippen LogP contribution in [0.5, 0.6) is 5.88 Å². The van der Waals surface area contributed by atoms with Crippen molar-refractivity contribution in [3.63, 3.8) is 0 Å². The summed E-state index contributed by atoms with van der Waals surface area (Å²) < 4.78 is 11.0. The van der Waals surface area contributed by atoms with Crippen LogP contribution in [-0.2, 0) is 17.6 Å². The Morgan fingerprint density at radius 3 is 2.89 bits per heavy atom. The van der Waals surface area contributed by atoms with Gasteiger partial charge >= 0.3 is 0 Å². The highest BCUT2D eigenvalue weighted by Gasteiger charge is 2.19. The Morgan fingerprint density at radius 1 is 1.42 bits per heavy atom. The van der Waals surface area contributed by atoms with Gasteiger partial charge in [-0.1, -0.05) is 0 Å². The molecule has 102 valence electrons. The monoisotopic (exact) mass is 260 g/mol. The highest BCUT2D eigenvalue weighted by molar-refractivity contribution is 5.44. The van der Waals surface area contributed by atoms with Crippen molar-refractivity contribution in [3.05, 3.63) is 22.9 Å². The van der Waals surface area contributed by atoms with Gasteiger partial charge in [-0.25, -0.2) is 4.98 Å². The SMILES string of the molecule is COC(C)(C)CCOc1nc2c(cc1C#N)CCC2. The van der Waals surface area contributed by atoms with Crippen molar-refractivity contribution in [1.82, 2.24) is 4.98 Å². The van der Waals surface area contributed by atoms with Crippen molar-refractivity contribution >= 4 is 0 Å². The second-order valence-electron chi connectivity index (χ2n) is 5.47. The molecule has 4 heteroatoms. The Bertz CT molecular complexity index is 504. The van der Waals surface area contributed by atoms with Crippen LogP contribution in [0.25, 0.3) is 0 Å². The number of hydrogen-bond donors (Lipinski definition) is 0. The van der Waals surface area contributed by atoms with E-state index in [-0.39, 0.29) is 5.60 Å². The van der Waals surface area contributed by atoms with Gasteiger partial charge in [-0.2, -0.15) is 5.26 Å². The summed E-state index contributed by atoms with van der Waals surface area (Å²) >= 11 is 0. The minimum Gasteiger partial charge on any atom is -0.477 e. The molecule has 1 aliphatic carbocycles. The summed E-state index contributed by atoms with van der Waals surface area (Å²) in [5.41, 5.74) is 2.60. The molecule has 0 unspecified atom stereocenters. The summed E-state index contributed by atoms with van der Waals surface area (Å²) in [5.74, 6) is 0.468. The number of hydrogen-bond acceptors (Lipinski definition) is 4. The number of ether oxygens (including phenoxy) is 2. The van der Waals surface area contributed by atoms with Gasteiger partial charge in [0.1, 0.15) is 11.6 Å². The lowest BCUT2D eigenvalue weighted by atomic mass is 10.1. The number of rotatable bonds is 5. The van der Waals surface area contributed by atoms with Crippen molar-refractivity contribution in [2.75, 3.05) is 13.7 Å². The van der Waals surface area contributed by atoms with Crippen LogP contribution >= 0.6 is 0 Å². The third-order valence-electron chi connectivity index (χ3n) is 3.63. The quantitative estimate of drug-likeness (QED) is 0.816. The lowest BCUT2D eigenvalue weighted by Crippen LogP contribution is -2.25. The smallest absolute Gasteiger partial charge is 0.231 e. The molecule has 19 heavy (non-hydrogen) atoms. The molecule has 4 nitrogen and oxygen atoms in total. The number of fused-ring (bicyclic) bond motifs is 1. The van der Waals surface area contributed by atoms with Crippen molar-refractivity contribution in [2.24, 2.45) is 0 Å². The predicted octanol–water partition coefficient (Wildman–Crippen LogP) is 2.64. The van der Waals surface area contributed by atoms with Gasteiger partial charge in [0.25, 0.3) is 0 Å². The summed E-state index contributed by atoms with van der Waals surface area (Å²) in [5, 5.41) is 9.16. The molecular weight excluding hydrogens is 240 g/mol. The fraction of sp³-hybridized carbons (Fsp3) is 0.600. The zero-order valence-electron chi connectivity index (χ0n) is 11.8. The molecule has 0 amide bonds. The first-order chi connectivity index (χ1) is 9.05. The first kappa shape index (κ1) is 13.8. The standard InChI is InChI=1S/C15H20N2O2/c1-15(2,18-3)7-8-19-14-12(10-16)9-11-5-4-6-13(11)17-14/h9H,4-8H2,1-3H3. The van der Waals surface area contributed by atoms with E-state index in [2.05, 4.69) is 11.1 Å². The maximum Gasteiger partial charge on any atom is 0.231 e. The highest BCUT2D eigenvalue weighted by Crippen LogP contribution is 2.26. The average molecular weight is 260 g/mol. The van der Waals surface area contributed by atoms with Gasteiger partial charge in [0.2, 0.25) is 5.88 Å². The summed E-state index contributed by atoms with van der Waals surface area (Å²) in [7, 11) is 1.69. The number of aryl methyl sites for hydroxylation is 2. The van der Waals surface area contributed by atoms with E-state index in [9.17, 15) is 0 Å². The van der Waals surface area contributed by atoms with E-state index in [1.807, 2.05) is 19.9 Å². The summed E-state index contributed by atoms with van der Waals surface area (Å²) in [4.78, 5) is 4.48. The average Bonchev–Trinajstić information content (AvgIpc) is 2.84. The number of pyridine rings is 1. The second-order valence-corrected chi connectivity index (χ2v) is 5.47. The molecule has 1 heterocycles. The Kier molecular flexibility index (Phi) is 4.06. The normalized spacial score (nSPS) is 14.0. The van der Waals surface area contributed by atoms with Gasteiger partial charge < -0.3 is 9.47 Å². The number of methoxy groups -OCH3 is 1. The molecule has 0 radical (unpaired) electrons. The molecular formula is C15H20N2O2. The van der Waals surface area contributed by atoms with Crippen molar-refractivity contribution < 1.29 is 9.47 Å². The van der Waals surface area contributed by atoms with E-state index >= 15 is 0 Å². The third-order valence-corrected chi connectivity index (χ3v) is 3.63. The Labute approximate surface area is 114 Å². The van der Waals surface area contributed by atoms with Gasteiger partial charge in [0, 0.05) is 19.2 Å². The molecule has 1 aromatic rings. The molecule has 0 bridgehead atoms. The van der Waals surface area contributed by atoms with Crippen LogP contribution in [0.15, 0.2) is 6.07 Å². The largest absolute Gasteiger partial charge is 0.477 e. The molecule has 0 fully saturated rings. The van der Waals surface area contributed by atoms with Crippen molar-refractivity contribution in [2.45, 2.75) is 45.1 Å². The van der Waals surface area contributed by atoms with Crippen LogP contribution < -0.4 is 4.74 Å². The van der Waals surface area contributed by atoms with Crippen LogP contribution in [0.1, 0.15) is 43.5 Å². The fourth-order valence-corrected chi connectivity index (χ4v) is 2.14. The topological polar surface area (TPSA) is 55.1 Å². The second kappa shape index (κ2) is 5.58. The molecule has 1 aliphatic rings. The number of nitrogens with zero attached hydrogens (tertiary/aromatic N) is 2. The molecule has 0 saturated carbocycles. The maximum absolute atomic E-state index is 9.16. The first-order valence-electron chi connectivity index (χ1n) is 6.66. The Balaban J connectivity index is 2.06. The summed E-state index contributed by atoms with van der Waals surface area (Å²) in [6, 6.07) is 4.09. The minimum atomic E-state index is -0.219. The van der Waals surface area contributed by atoms with E-state index in [4.69, 9.17) is 14.7 Å². The lowest BCUT2D eigenvalue weighted by molar-refractivity contribution is 0.00504. The minimum absolute atomic E-state index is 0.219. The zero-order valence-corrected chi connectivity index (χ0v) is 11.8. The number of aromatic nitrogens is 1. The Hall–Kier alpha value is -1.60. The van der Waals surface area contributed by atoms with Crippen LogP contribution in [0, 0.1) is 11.3 Å². The van der Waals surface area contributed by atoms with Crippen molar-refractivity contribution in [1.29, 1.82) is 5.26 Å². The fourth-order valence-electron chi connectivity index (χ4n) is 2.14. The summed E-state index contributed by atoms with van der Waals surface area (Å²) in [6.45, 7) is 4.52. The molecule has 2 rings (SSSR count). The van der Waals surface area contributed by atoms with Gasteiger partial charge in [-0.3, -0.25) is 0 Å². The molecule has 0 atom stereocenters. The van der Waals surface area contributed by atoms with Gasteiger partial charge in [0.05, 0.1) is 12.2 Å². The lowest BCUT2D eigenvalue weighted by Gasteiger charge is -2.22. The van der Waals surface area contributed by atoms with E-state index < -0.39 is 0 Å². The van der Waals surface area contributed by atoms with E-state index in [1.165, 1.54) is 5.56 Å². The third kappa shape index (κ3) is 3.24. The van der Waals surface area contributed by atoms with Crippen molar-refractivity contribution in [3.8, 4) is 11.9 Å². The highest BCUT2D eigenvalue weighted by atomic mass is 16.5. The van der Waals surface area contributed by atoms with Crippen LogP contribution in [0.4, 0.5) is 0 Å². The maximum atomic E-state index is 9.16. The molecule has 0 saturated heterocycles. The molecule has 0 N–H and O–H groups in total.